The van der Waals surface area contributed by atoms with Gasteiger partial charge in [0.25, 0.3) is 5.91 Å². The molecule has 9 nitrogen and oxygen atoms in total. The fourth-order valence-electron chi connectivity index (χ4n) is 4.54. The number of hydrogen-bond donors (Lipinski definition) is 4. The zero-order valence-corrected chi connectivity index (χ0v) is 20.6. The van der Waals surface area contributed by atoms with E-state index in [1.54, 1.807) is 6.20 Å². The van der Waals surface area contributed by atoms with E-state index >= 15 is 0 Å². The van der Waals surface area contributed by atoms with Crippen LogP contribution in [0.4, 0.5) is 19.1 Å². The second kappa shape index (κ2) is 10.4. The van der Waals surface area contributed by atoms with E-state index in [1.165, 1.54) is 11.1 Å². The van der Waals surface area contributed by atoms with Gasteiger partial charge in [-0.1, -0.05) is 12.1 Å². The predicted molar refractivity (Wildman–Crippen MR) is 137 cm³/mol. The van der Waals surface area contributed by atoms with Gasteiger partial charge in [0, 0.05) is 29.3 Å². The first kappa shape index (κ1) is 26.1. The maximum absolute atomic E-state index is 12.5. The van der Waals surface area contributed by atoms with Gasteiger partial charge in [0.2, 0.25) is 5.95 Å². The van der Waals surface area contributed by atoms with Gasteiger partial charge < -0.3 is 21.1 Å². The molecule has 2 aliphatic rings. The molecule has 1 fully saturated rings. The average molecular weight is 539 g/mol. The van der Waals surface area contributed by atoms with Crippen molar-refractivity contribution in [3.05, 3.63) is 71.2 Å². The minimum absolute atomic E-state index is 0.0408. The fourth-order valence-corrected chi connectivity index (χ4v) is 4.54. The van der Waals surface area contributed by atoms with E-state index in [0.29, 0.717) is 12.0 Å². The molecule has 12 heteroatoms. The molecule has 2 heterocycles. The van der Waals surface area contributed by atoms with E-state index in [1.807, 2.05) is 24.3 Å². The summed E-state index contributed by atoms with van der Waals surface area (Å²) in [6, 6.07) is 14.4. The summed E-state index contributed by atoms with van der Waals surface area (Å²) in [5.41, 5.74) is 12.8. The third kappa shape index (κ3) is 6.16. The summed E-state index contributed by atoms with van der Waals surface area (Å²) < 4.78 is 31.7. The highest BCUT2D eigenvalue weighted by Crippen LogP contribution is 2.33. The lowest BCUT2D eigenvalue weighted by Crippen LogP contribution is -2.26. The number of carbonyl (C=O) groups excluding carboxylic acids is 1. The molecule has 2 aromatic carbocycles. The van der Waals surface area contributed by atoms with E-state index in [4.69, 9.17) is 20.6 Å². The molecular weight excluding hydrogens is 513 g/mol. The molecule has 202 valence electrons. The lowest BCUT2D eigenvalue weighted by atomic mass is 9.82. The van der Waals surface area contributed by atoms with Crippen molar-refractivity contribution in [3.63, 3.8) is 0 Å². The van der Waals surface area contributed by atoms with Crippen molar-refractivity contribution in [1.29, 1.82) is 0 Å². The van der Waals surface area contributed by atoms with Crippen molar-refractivity contribution in [2.75, 3.05) is 5.73 Å². The molecule has 39 heavy (non-hydrogen) atoms. The Morgan fingerprint density at radius 1 is 1.03 bits per heavy atom. The number of carbonyl (C=O) groups is 2. The van der Waals surface area contributed by atoms with Crippen molar-refractivity contribution in [1.82, 2.24) is 25.3 Å². The highest BCUT2D eigenvalue weighted by molar-refractivity contribution is 5.94. The number of rotatable bonds is 4. The number of halogens is 3. The number of aromatic amines is 1. The second-order valence-corrected chi connectivity index (χ2v) is 9.63. The van der Waals surface area contributed by atoms with Gasteiger partial charge in [-0.3, -0.25) is 4.79 Å². The maximum atomic E-state index is 12.5. The van der Waals surface area contributed by atoms with Crippen LogP contribution >= 0.6 is 0 Å². The smallest absolute Gasteiger partial charge is 0.475 e. The van der Waals surface area contributed by atoms with Crippen LogP contribution in [0.1, 0.15) is 52.5 Å². The molecule has 0 bridgehead atoms. The van der Waals surface area contributed by atoms with Gasteiger partial charge in [-0.05, 0) is 73.6 Å². The Hall–Kier alpha value is -4.48. The number of nitrogen functional groups attached to an aromatic ring is 1. The number of carboxylic acids is 1. The lowest BCUT2D eigenvalue weighted by molar-refractivity contribution is -0.192. The topological polar surface area (TPSA) is 147 Å². The fraction of sp³-hybridized carbons (Fsp3) is 0.296. The first-order valence-electron chi connectivity index (χ1n) is 12.4. The van der Waals surface area contributed by atoms with Crippen LogP contribution in [0.25, 0.3) is 22.3 Å². The molecule has 0 radical (unpaired) electrons. The van der Waals surface area contributed by atoms with E-state index < -0.39 is 12.1 Å². The summed E-state index contributed by atoms with van der Waals surface area (Å²) in [5, 5.41) is 10.2. The average Bonchev–Trinajstić information content (AvgIpc) is 3.61. The van der Waals surface area contributed by atoms with Gasteiger partial charge in [-0.25, -0.2) is 19.7 Å². The van der Waals surface area contributed by atoms with E-state index in [0.717, 1.165) is 65.8 Å². The number of carboxylic acid groups (broad SMARTS) is 1. The largest absolute Gasteiger partial charge is 0.490 e. The summed E-state index contributed by atoms with van der Waals surface area (Å²) in [7, 11) is 0. The van der Waals surface area contributed by atoms with Gasteiger partial charge in [0.05, 0.1) is 16.7 Å². The Balaban J connectivity index is 0.000000392. The molecule has 2 aliphatic carbocycles. The van der Waals surface area contributed by atoms with Crippen LogP contribution in [0, 0.1) is 0 Å². The van der Waals surface area contributed by atoms with Gasteiger partial charge in [0.15, 0.2) is 0 Å². The first-order chi connectivity index (χ1) is 18.6. The number of aromatic nitrogens is 4. The quantitative estimate of drug-likeness (QED) is 0.301. The zero-order valence-electron chi connectivity index (χ0n) is 20.6. The first-order valence-corrected chi connectivity index (χ1v) is 12.4. The monoisotopic (exact) mass is 538 g/mol. The number of amides is 1. The number of nitrogens with one attached hydrogen (secondary N) is 2. The Morgan fingerprint density at radius 3 is 2.49 bits per heavy atom. The number of hydrogen-bond acceptors (Lipinski definition) is 6. The molecule has 1 unspecified atom stereocenters. The Morgan fingerprint density at radius 2 is 1.79 bits per heavy atom. The molecule has 0 aliphatic heterocycles. The van der Waals surface area contributed by atoms with E-state index in [-0.39, 0.29) is 11.9 Å². The number of nitrogens with zero attached hydrogens (tertiary/aromatic N) is 3. The van der Waals surface area contributed by atoms with Crippen LogP contribution in [0.5, 0.6) is 0 Å². The molecule has 0 saturated heterocycles. The van der Waals surface area contributed by atoms with E-state index in [2.05, 4.69) is 38.5 Å². The maximum Gasteiger partial charge on any atom is 0.490 e. The van der Waals surface area contributed by atoms with Crippen LogP contribution in [-0.4, -0.2) is 49.1 Å². The minimum atomic E-state index is -5.08. The highest BCUT2D eigenvalue weighted by Gasteiger charge is 2.38. The highest BCUT2D eigenvalue weighted by atomic mass is 19.4. The van der Waals surface area contributed by atoms with Crippen LogP contribution < -0.4 is 11.1 Å². The van der Waals surface area contributed by atoms with Crippen molar-refractivity contribution in [2.24, 2.45) is 0 Å². The number of alkyl halides is 3. The molecule has 6 rings (SSSR count). The van der Waals surface area contributed by atoms with Crippen molar-refractivity contribution in [2.45, 2.75) is 50.2 Å². The summed E-state index contributed by atoms with van der Waals surface area (Å²) >= 11 is 0. The molecule has 1 amide bonds. The van der Waals surface area contributed by atoms with Gasteiger partial charge >= 0.3 is 12.1 Å². The second-order valence-electron chi connectivity index (χ2n) is 9.63. The number of imidazole rings is 1. The minimum Gasteiger partial charge on any atom is -0.475 e. The summed E-state index contributed by atoms with van der Waals surface area (Å²) in [6.07, 6.45) is 1.69. The molecular formula is C27H25F3N6O3. The van der Waals surface area contributed by atoms with Crippen LogP contribution in [-0.2, 0) is 17.6 Å². The van der Waals surface area contributed by atoms with Crippen molar-refractivity contribution in [3.8, 4) is 11.3 Å². The van der Waals surface area contributed by atoms with E-state index in [9.17, 15) is 18.0 Å². The number of fused-ring (bicyclic) bond motifs is 2. The molecule has 2 aromatic heterocycles. The third-order valence-electron chi connectivity index (χ3n) is 6.71. The van der Waals surface area contributed by atoms with Crippen molar-refractivity contribution < 1.29 is 27.9 Å². The number of anilines is 1. The zero-order chi connectivity index (χ0) is 27.7. The molecule has 5 N–H and O–H groups in total. The van der Waals surface area contributed by atoms with Crippen LogP contribution in [0.15, 0.2) is 48.7 Å². The molecule has 1 atom stereocenters. The number of aryl methyl sites for hydroxylation is 1. The summed E-state index contributed by atoms with van der Waals surface area (Å²) in [6.45, 7) is 0. The molecule has 4 aromatic rings. The Labute approximate surface area is 220 Å². The van der Waals surface area contributed by atoms with Gasteiger partial charge in [0.1, 0.15) is 5.82 Å². The summed E-state index contributed by atoms with van der Waals surface area (Å²) in [4.78, 5) is 38.1. The summed E-state index contributed by atoms with van der Waals surface area (Å²) in [5.74, 6) is -1.15. The SMILES string of the molecule is Nc1nccc(-c2ccc3nc(C4CCc5ccc(C(=O)NC6CC6)cc5C4)[nH]c3c2)n1.O=C(O)C(F)(F)F. The standard InChI is InChI=1S/C25H24N6O.C2HF3O2/c26-25-27-10-9-20(31-25)15-5-8-21-22(13-15)30-23(29-21)16-3-1-14-2-4-17(12-18(14)11-16)24(32)28-19-6-7-19;3-2(4,5)1(6)7/h2,4-5,8-10,12-13,16,19H,1,3,6-7,11H2,(H,28,32)(H,29,30)(H2,26,27,31);(H,6,7). The van der Waals surface area contributed by atoms with Gasteiger partial charge in [-0.2, -0.15) is 13.2 Å². The number of aliphatic carboxylic acids is 1. The predicted octanol–water partition coefficient (Wildman–Crippen LogP) is 4.40. The van der Waals surface area contributed by atoms with Gasteiger partial charge in [-0.15, -0.1) is 0 Å². The normalized spacial score (nSPS) is 16.6. The lowest BCUT2D eigenvalue weighted by Gasteiger charge is -2.23. The third-order valence-corrected chi connectivity index (χ3v) is 6.71. The number of H-pyrrole nitrogens is 1. The Bertz CT molecular complexity index is 1550. The van der Waals surface area contributed by atoms with Crippen LogP contribution in [0.3, 0.4) is 0 Å². The number of benzene rings is 2. The number of nitrogens with two attached hydrogens (primary N) is 1. The Kier molecular flexibility index (Phi) is 6.94. The molecule has 0 spiro atoms. The molecule has 1 saturated carbocycles. The van der Waals surface area contributed by atoms with Crippen molar-refractivity contribution >= 4 is 28.9 Å². The van der Waals surface area contributed by atoms with Crippen LogP contribution in [0.2, 0.25) is 0 Å².